The predicted octanol–water partition coefficient (Wildman–Crippen LogP) is 1.23. The first-order valence-electron chi connectivity index (χ1n) is 7.72. The zero-order valence-electron chi connectivity index (χ0n) is 13.1. The number of hydrogen-bond acceptors (Lipinski definition) is 5. The average molecular weight is 315 g/mol. The Morgan fingerprint density at radius 3 is 3.04 bits per heavy atom. The Hall–Kier alpha value is -2.18. The van der Waals surface area contributed by atoms with Crippen molar-refractivity contribution in [2.75, 3.05) is 20.2 Å². The first kappa shape index (κ1) is 15.7. The van der Waals surface area contributed by atoms with Gasteiger partial charge in [-0.25, -0.2) is 0 Å². The van der Waals surface area contributed by atoms with Gasteiger partial charge < -0.3 is 20.5 Å². The lowest BCUT2D eigenvalue weighted by atomic mass is 10.0. The molecule has 23 heavy (non-hydrogen) atoms. The number of piperidine rings is 1. The number of methoxy groups -OCH3 is 1. The van der Waals surface area contributed by atoms with Gasteiger partial charge in [0.25, 0.3) is 0 Å². The first-order valence-corrected chi connectivity index (χ1v) is 7.72. The normalized spacial score (nSPS) is 19.9. The minimum absolute atomic E-state index is 0.00116. The van der Waals surface area contributed by atoms with Gasteiger partial charge in [-0.3, -0.25) is 9.78 Å². The van der Waals surface area contributed by atoms with Gasteiger partial charge in [0.2, 0.25) is 5.91 Å². The van der Waals surface area contributed by atoms with Crippen molar-refractivity contribution in [3.8, 4) is 5.75 Å². The molecule has 1 amide bonds. The molecule has 1 aliphatic rings. The number of nitrogens with two attached hydrogens (primary N) is 1. The van der Waals surface area contributed by atoms with E-state index in [2.05, 4.69) is 4.98 Å². The number of carbonyl (C=O) groups excluding carboxylic acids is 1. The molecule has 1 unspecified atom stereocenters. The Labute approximate surface area is 134 Å². The van der Waals surface area contributed by atoms with Gasteiger partial charge in [0.15, 0.2) is 0 Å². The summed E-state index contributed by atoms with van der Waals surface area (Å²) in [5, 5.41) is 11.5. The van der Waals surface area contributed by atoms with E-state index in [9.17, 15) is 9.90 Å². The fourth-order valence-electron chi connectivity index (χ4n) is 2.97. The maximum absolute atomic E-state index is 12.0. The van der Waals surface area contributed by atoms with Gasteiger partial charge in [-0.05, 0) is 36.2 Å². The van der Waals surface area contributed by atoms with Crippen LogP contribution in [-0.2, 0) is 4.79 Å². The number of fused-ring (bicyclic) bond motifs is 1. The number of aliphatic hydroxyl groups is 1. The zero-order chi connectivity index (χ0) is 16.4. The third-order valence-corrected chi connectivity index (χ3v) is 4.29. The fraction of sp³-hybridized carbons (Fsp3) is 0.412. The van der Waals surface area contributed by atoms with Crippen LogP contribution in [0.25, 0.3) is 10.9 Å². The number of amides is 1. The summed E-state index contributed by atoms with van der Waals surface area (Å²) in [6, 6.07) is 7.26. The second kappa shape index (κ2) is 6.52. The van der Waals surface area contributed by atoms with Crippen LogP contribution in [0.5, 0.6) is 5.75 Å². The molecule has 2 aromatic rings. The molecular weight excluding hydrogens is 294 g/mol. The molecule has 1 aromatic carbocycles. The van der Waals surface area contributed by atoms with Gasteiger partial charge in [0.05, 0.1) is 25.3 Å². The van der Waals surface area contributed by atoms with Gasteiger partial charge in [-0.1, -0.05) is 0 Å². The van der Waals surface area contributed by atoms with E-state index < -0.39 is 6.10 Å². The zero-order valence-corrected chi connectivity index (χ0v) is 13.1. The van der Waals surface area contributed by atoms with E-state index in [0.717, 1.165) is 22.9 Å². The molecule has 0 spiro atoms. The molecule has 1 aliphatic heterocycles. The number of rotatable bonds is 4. The summed E-state index contributed by atoms with van der Waals surface area (Å²) in [6.07, 6.45) is 2.01. The van der Waals surface area contributed by atoms with Crippen molar-refractivity contribution < 1.29 is 14.6 Å². The van der Waals surface area contributed by atoms with Gasteiger partial charge in [0, 0.05) is 30.6 Å². The molecule has 6 heteroatoms. The minimum Gasteiger partial charge on any atom is -0.497 e. The molecule has 6 nitrogen and oxygen atoms in total. The maximum atomic E-state index is 12.0. The summed E-state index contributed by atoms with van der Waals surface area (Å²) in [5.41, 5.74) is 7.34. The Morgan fingerprint density at radius 2 is 2.30 bits per heavy atom. The van der Waals surface area contributed by atoms with Crippen LogP contribution in [0.2, 0.25) is 0 Å². The first-order chi connectivity index (χ1) is 11.1. The Bertz CT molecular complexity index is 719. The van der Waals surface area contributed by atoms with E-state index in [0.29, 0.717) is 18.7 Å². The summed E-state index contributed by atoms with van der Waals surface area (Å²) in [5.74, 6) is 0.706. The van der Waals surface area contributed by atoms with Crippen LogP contribution in [-0.4, -0.2) is 47.1 Å². The highest BCUT2D eigenvalue weighted by atomic mass is 16.5. The largest absolute Gasteiger partial charge is 0.497 e. The Morgan fingerprint density at radius 1 is 1.48 bits per heavy atom. The maximum Gasteiger partial charge on any atom is 0.224 e. The van der Waals surface area contributed by atoms with Gasteiger partial charge in [0.1, 0.15) is 5.75 Å². The molecule has 2 atom stereocenters. The molecular formula is C17H21N3O3. The minimum atomic E-state index is -0.772. The Balaban J connectivity index is 1.85. The SMILES string of the molecule is COc1ccc2nccc([C@@H](O)CN3CCC(N)CC3=O)c2c1. The molecule has 1 aromatic heterocycles. The monoisotopic (exact) mass is 315 g/mol. The lowest BCUT2D eigenvalue weighted by molar-refractivity contribution is -0.135. The standard InChI is InChI=1S/C17H21N3O3/c1-23-12-2-3-15-14(9-12)13(4-6-19-15)16(21)10-20-7-5-11(18)8-17(20)22/h2-4,6,9,11,16,21H,5,7-8,10,18H2,1H3/t11?,16-/m0/s1. The van der Waals surface area contributed by atoms with Crippen LogP contribution < -0.4 is 10.5 Å². The van der Waals surface area contributed by atoms with Crippen molar-refractivity contribution >= 4 is 16.8 Å². The number of nitrogens with zero attached hydrogens (tertiary/aromatic N) is 2. The number of carbonyl (C=O) groups is 1. The number of β-amino-alcohol motifs (C(OH)–C–C–N with tert-alkyl or cyclic N) is 1. The third kappa shape index (κ3) is 3.28. The molecule has 3 N–H and O–H groups in total. The smallest absolute Gasteiger partial charge is 0.224 e. The van der Waals surface area contributed by atoms with Crippen molar-refractivity contribution in [3.05, 3.63) is 36.0 Å². The molecule has 1 saturated heterocycles. The second-order valence-corrected chi connectivity index (χ2v) is 5.89. The summed E-state index contributed by atoms with van der Waals surface area (Å²) >= 11 is 0. The van der Waals surface area contributed by atoms with Crippen LogP contribution >= 0.6 is 0 Å². The van der Waals surface area contributed by atoms with Crippen LogP contribution in [0.4, 0.5) is 0 Å². The Kier molecular flexibility index (Phi) is 4.45. The van der Waals surface area contributed by atoms with Crippen molar-refractivity contribution in [2.45, 2.75) is 25.0 Å². The highest BCUT2D eigenvalue weighted by Crippen LogP contribution is 2.27. The topological polar surface area (TPSA) is 88.7 Å². The lowest BCUT2D eigenvalue weighted by Crippen LogP contribution is -2.45. The highest BCUT2D eigenvalue weighted by Gasteiger charge is 2.26. The van der Waals surface area contributed by atoms with Crippen molar-refractivity contribution in [1.82, 2.24) is 9.88 Å². The van der Waals surface area contributed by atoms with E-state index in [1.807, 2.05) is 18.2 Å². The molecule has 0 radical (unpaired) electrons. The fourth-order valence-corrected chi connectivity index (χ4v) is 2.97. The third-order valence-electron chi connectivity index (χ3n) is 4.29. The number of pyridine rings is 1. The number of aliphatic hydroxyl groups excluding tert-OH is 1. The van der Waals surface area contributed by atoms with Crippen LogP contribution in [0.1, 0.15) is 24.5 Å². The number of hydrogen-bond donors (Lipinski definition) is 2. The van der Waals surface area contributed by atoms with E-state index in [1.165, 1.54) is 0 Å². The molecule has 1 fully saturated rings. The summed E-state index contributed by atoms with van der Waals surface area (Å²) in [7, 11) is 1.60. The van der Waals surface area contributed by atoms with Crippen LogP contribution in [0, 0.1) is 0 Å². The van der Waals surface area contributed by atoms with E-state index in [-0.39, 0.29) is 18.5 Å². The summed E-state index contributed by atoms with van der Waals surface area (Å²) in [6.45, 7) is 0.852. The summed E-state index contributed by atoms with van der Waals surface area (Å²) in [4.78, 5) is 18.0. The van der Waals surface area contributed by atoms with Crippen molar-refractivity contribution in [2.24, 2.45) is 5.73 Å². The van der Waals surface area contributed by atoms with E-state index >= 15 is 0 Å². The molecule has 0 aliphatic carbocycles. The van der Waals surface area contributed by atoms with Crippen molar-refractivity contribution in [3.63, 3.8) is 0 Å². The quantitative estimate of drug-likeness (QED) is 0.886. The van der Waals surface area contributed by atoms with E-state index in [1.54, 1.807) is 24.3 Å². The molecule has 0 bridgehead atoms. The molecule has 3 rings (SSSR count). The summed E-state index contributed by atoms with van der Waals surface area (Å²) < 4.78 is 5.25. The molecule has 122 valence electrons. The van der Waals surface area contributed by atoms with Crippen LogP contribution in [0.3, 0.4) is 0 Å². The number of benzene rings is 1. The van der Waals surface area contributed by atoms with Gasteiger partial charge in [-0.15, -0.1) is 0 Å². The highest BCUT2D eigenvalue weighted by molar-refractivity contribution is 5.84. The second-order valence-electron chi connectivity index (χ2n) is 5.89. The van der Waals surface area contributed by atoms with E-state index in [4.69, 9.17) is 10.5 Å². The van der Waals surface area contributed by atoms with Gasteiger partial charge in [-0.2, -0.15) is 0 Å². The number of aromatic nitrogens is 1. The molecule has 2 heterocycles. The number of ether oxygens (including phenoxy) is 1. The van der Waals surface area contributed by atoms with Crippen LogP contribution in [0.15, 0.2) is 30.5 Å². The lowest BCUT2D eigenvalue weighted by Gasteiger charge is -2.31. The van der Waals surface area contributed by atoms with Gasteiger partial charge >= 0.3 is 0 Å². The number of likely N-dealkylation sites (tertiary alicyclic amines) is 1. The average Bonchev–Trinajstić information content (AvgIpc) is 2.56. The predicted molar refractivity (Wildman–Crippen MR) is 87.0 cm³/mol. The van der Waals surface area contributed by atoms with Crippen molar-refractivity contribution in [1.29, 1.82) is 0 Å². The molecule has 0 saturated carbocycles.